The predicted molar refractivity (Wildman–Crippen MR) is 70.5 cm³/mol. The molecule has 17 heavy (non-hydrogen) atoms. The quantitative estimate of drug-likeness (QED) is 0.770. The molecule has 1 aliphatic rings. The van der Waals surface area contributed by atoms with E-state index in [1.807, 2.05) is 24.3 Å². The average molecular weight is 252 g/mol. The van der Waals surface area contributed by atoms with Crippen LogP contribution >= 0.6 is 11.6 Å². The molecule has 1 heterocycles. The minimum Gasteiger partial charge on any atom is -0.306 e. The zero-order chi connectivity index (χ0) is 12.3. The molecule has 1 aromatic carbocycles. The van der Waals surface area contributed by atoms with Gasteiger partial charge in [-0.1, -0.05) is 23.7 Å². The molecule has 2 rings (SSSR count). The molecule has 0 aliphatic carbocycles. The Balaban J connectivity index is 2.13. The standard InChI is InChI=1S/C14H18ClNO/c1-16-7-5-11(6-8-16)14(10-17)12-3-2-4-13(15)9-12/h2-4,9-11,14H,5-8H2,1H3. The Morgan fingerprint density at radius 1 is 1.41 bits per heavy atom. The van der Waals surface area contributed by atoms with Gasteiger partial charge in [0.2, 0.25) is 0 Å². The van der Waals surface area contributed by atoms with Crippen LogP contribution in [0.15, 0.2) is 24.3 Å². The number of likely N-dealkylation sites (tertiary alicyclic amines) is 1. The third kappa shape index (κ3) is 3.08. The maximum Gasteiger partial charge on any atom is 0.127 e. The van der Waals surface area contributed by atoms with Crippen molar-refractivity contribution in [2.24, 2.45) is 5.92 Å². The molecule has 0 saturated carbocycles. The highest BCUT2D eigenvalue weighted by atomic mass is 35.5. The van der Waals surface area contributed by atoms with E-state index in [0.717, 1.165) is 37.8 Å². The fourth-order valence-electron chi connectivity index (χ4n) is 2.56. The lowest BCUT2D eigenvalue weighted by atomic mass is 9.81. The van der Waals surface area contributed by atoms with Crippen LogP contribution < -0.4 is 0 Å². The highest BCUT2D eigenvalue weighted by molar-refractivity contribution is 6.30. The molecule has 3 heteroatoms. The van der Waals surface area contributed by atoms with Gasteiger partial charge in [0.05, 0.1) is 0 Å². The van der Waals surface area contributed by atoms with Crippen LogP contribution in [0.5, 0.6) is 0 Å². The second-order valence-corrected chi connectivity index (χ2v) is 5.29. The van der Waals surface area contributed by atoms with Gasteiger partial charge < -0.3 is 9.69 Å². The Hall–Kier alpha value is -0.860. The highest BCUT2D eigenvalue weighted by Crippen LogP contribution is 2.31. The number of halogens is 1. The van der Waals surface area contributed by atoms with E-state index in [1.54, 1.807) is 0 Å². The molecule has 1 aromatic rings. The Kier molecular flexibility index (Phi) is 4.19. The summed E-state index contributed by atoms with van der Waals surface area (Å²) in [6.45, 7) is 2.16. The van der Waals surface area contributed by atoms with Crippen molar-refractivity contribution in [2.45, 2.75) is 18.8 Å². The molecule has 0 N–H and O–H groups in total. The summed E-state index contributed by atoms with van der Waals surface area (Å²) in [5.74, 6) is 0.463. The van der Waals surface area contributed by atoms with Crippen molar-refractivity contribution in [1.82, 2.24) is 4.90 Å². The molecule has 0 radical (unpaired) electrons. The molecule has 1 unspecified atom stereocenters. The largest absolute Gasteiger partial charge is 0.306 e. The number of hydrogen-bond acceptors (Lipinski definition) is 2. The van der Waals surface area contributed by atoms with Gasteiger partial charge >= 0.3 is 0 Å². The van der Waals surface area contributed by atoms with Crippen molar-refractivity contribution in [2.75, 3.05) is 20.1 Å². The van der Waals surface area contributed by atoms with Gasteiger partial charge in [-0.15, -0.1) is 0 Å². The Morgan fingerprint density at radius 2 is 2.12 bits per heavy atom. The van der Waals surface area contributed by atoms with Gasteiger partial charge in [0.1, 0.15) is 6.29 Å². The summed E-state index contributed by atoms with van der Waals surface area (Å²) in [7, 11) is 2.13. The first-order valence-corrected chi connectivity index (χ1v) is 6.48. The van der Waals surface area contributed by atoms with E-state index >= 15 is 0 Å². The lowest BCUT2D eigenvalue weighted by molar-refractivity contribution is -0.110. The third-order valence-electron chi connectivity index (χ3n) is 3.65. The number of carbonyl (C=O) groups excluding carboxylic acids is 1. The molecule has 1 aliphatic heterocycles. The summed E-state index contributed by atoms with van der Waals surface area (Å²) >= 11 is 5.98. The third-order valence-corrected chi connectivity index (χ3v) is 3.89. The van der Waals surface area contributed by atoms with Gasteiger partial charge in [-0.3, -0.25) is 0 Å². The van der Waals surface area contributed by atoms with Gasteiger partial charge in [0, 0.05) is 10.9 Å². The molecule has 0 spiro atoms. The van der Waals surface area contributed by atoms with Crippen LogP contribution in [0.3, 0.4) is 0 Å². The molecule has 1 saturated heterocycles. The summed E-state index contributed by atoms with van der Waals surface area (Å²) < 4.78 is 0. The van der Waals surface area contributed by atoms with Crippen molar-refractivity contribution < 1.29 is 4.79 Å². The van der Waals surface area contributed by atoms with Crippen molar-refractivity contribution in [3.8, 4) is 0 Å². The van der Waals surface area contributed by atoms with Crippen LogP contribution in [-0.4, -0.2) is 31.3 Å². The molecule has 0 bridgehead atoms. The molecular formula is C14H18ClNO. The fourth-order valence-corrected chi connectivity index (χ4v) is 2.76. The van der Waals surface area contributed by atoms with Crippen LogP contribution in [0.2, 0.25) is 5.02 Å². The molecule has 1 atom stereocenters. The van der Waals surface area contributed by atoms with E-state index < -0.39 is 0 Å². The van der Waals surface area contributed by atoms with Gasteiger partial charge in [-0.25, -0.2) is 0 Å². The SMILES string of the molecule is CN1CCC(C(C=O)c2cccc(Cl)c2)CC1. The number of hydrogen-bond donors (Lipinski definition) is 0. The maximum absolute atomic E-state index is 11.3. The smallest absolute Gasteiger partial charge is 0.127 e. The first-order valence-electron chi connectivity index (χ1n) is 6.10. The zero-order valence-corrected chi connectivity index (χ0v) is 10.9. The Labute approximate surface area is 108 Å². The number of benzene rings is 1. The topological polar surface area (TPSA) is 20.3 Å². The fraction of sp³-hybridized carbons (Fsp3) is 0.500. The lowest BCUT2D eigenvalue weighted by Crippen LogP contribution is -2.33. The summed E-state index contributed by atoms with van der Waals surface area (Å²) in [6, 6.07) is 7.69. The van der Waals surface area contributed by atoms with E-state index in [0.29, 0.717) is 10.9 Å². The van der Waals surface area contributed by atoms with Gasteiger partial charge in [0.15, 0.2) is 0 Å². The number of piperidine rings is 1. The zero-order valence-electron chi connectivity index (χ0n) is 10.1. The first kappa shape index (κ1) is 12.6. The Bertz CT molecular complexity index is 386. The van der Waals surface area contributed by atoms with E-state index in [2.05, 4.69) is 11.9 Å². The van der Waals surface area contributed by atoms with Gasteiger partial charge in [-0.05, 0) is 56.6 Å². The average Bonchev–Trinajstić information content (AvgIpc) is 2.33. The highest BCUT2D eigenvalue weighted by Gasteiger charge is 2.26. The van der Waals surface area contributed by atoms with Crippen LogP contribution in [0.25, 0.3) is 0 Å². The minimum absolute atomic E-state index is 0.00222. The van der Waals surface area contributed by atoms with Crippen LogP contribution in [-0.2, 0) is 4.79 Å². The summed E-state index contributed by atoms with van der Waals surface area (Å²) in [6.07, 6.45) is 3.26. The van der Waals surface area contributed by atoms with Crippen LogP contribution in [0, 0.1) is 5.92 Å². The van der Waals surface area contributed by atoms with E-state index in [4.69, 9.17) is 11.6 Å². The lowest BCUT2D eigenvalue weighted by Gasteiger charge is -2.32. The first-order chi connectivity index (χ1) is 8.20. The number of nitrogens with zero attached hydrogens (tertiary/aromatic N) is 1. The van der Waals surface area contributed by atoms with Crippen molar-refractivity contribution in [3.05, 3.63) is 34.9 Å². The van der Waals surface area contributed by atoms with E-state index in [1.165, 1.54) is 0 Å². The van der Waals surface area contributed by atoms with Crippen LogP contribution in [0.4, 0.5) is 0 Å². The molecule has 1 fully saturated rings. The molecule has 2 nitrogen and oxygen atoms in total. The number of aldehydes is 1. The molecule has 0 amide bonds. The summed E-state index contributed by atoms with van der Waals surface area (Å²) in [5.41, 5.74) is 1.06. The van der Waals surface area contributed by atoms with Crippen molar-refractivity contribution in [1.29, 1.82) is 0 Å². The summed E-state index contributed by atoms with van der Waals surface area (Å²) in [4.78, 5) is 13.7. The van der Waals surface area contributed by atoms with Gasteiger partial charge in [-0.2, -0.15) is 0 Å². The van der Waals surface area contributed by atoms with Crippen molar-refractivity contribution >= 4 is 17.9 Å². The number of rotatable bonds is 3. The predicted octanol–water partition coefficient (Wildman–Crippen LogP) is 2.96. The van der Waals surface area contributed by atoms with Crippen LogP contribution in [0.1, 0.15) is 24.3 Å². The normalized spacial score (nSPS) is 20.1. The number of carbonyl (C=O) groups is 1. The Morgan fingerprint density at radius 3 is 2.71 bits per heavy atom. The molecule has 92 valence electrons. The maximum atomic E-state index is 11.3. The monoisotopic (exact) mass is 251 g/mol. The van der Waals surface area contributed by atoms with E-state index in [-0.39, 0.29) is 5.92 Å². The van der Waals surface area contributed by atoms with Gasteiger partial charge in [0.25, 0.3) is 0 Å². The van der Waals surface area contributed by atoms with Crippen molar-refractivity contribution in [3.63, 3.8) is 0 Å². The van der Waals surface area contributed by atoms with E-state index in [9.17, 15) is 4.79 Å². The second-order valence-electron chi connectivity index (χ2n) is 4.86. The summed E-state index contributed by atoms with van der Waals surface area (Å²) in [5, 5.41) is 0.710. The molecule has 0 aromatic heterocycles. The second kappa shape index (κ2) is 5.65. The minimum atomic E-state index is 0.00222. The molecular weight excluding hydrogens is 234 g/mol.